The number of H-pyrrole nitrogens is 2. The second-order valence-corrected chi connectivity index (χ2v) is 5.25. The van der Waals surface area contributed by atoms with Gasteiger partial charge in [-0.25, -0.2) is 9.78 Å². The quantitative estimate of drug-likeness (QED) is 0.505. The van der Waals surface area contributed by atoms with Gasteiger partial charge in [-0.2, -0.15) is 0 Å². The van der Waals surface area contributed by atoms with Crippen LogP contribution in [-0.4, -0.2) is 26.0 Å². The van der Waals surface area contributed by atoms with Crippen LogP contribution in [0.3, 0.4) is 0 Å². The Morgan fingerprint density at radius 1 is 1.04 bits per heavy atom. The Bertz CT molecular complexity index is 1060. The zero-order valence-electron chi connectivity index (χ0n) is 12.1. The van der Waals surface area contributed by atoms with Gasteiger partial charge in [-0.15, -0.1) is 0 Å². The molecule has 0 saturated heterocycles. The average Bonchev–Trinajstić information content (AvgIpc) is 3.16. The highest BCUT2D eigenvalue weighted by Crippen LogP contribution is 2.28. The highest BCUT2D eigenvalue weighted by Gasteiger charge is 2.16. The van der Waals surface area contributed by atoms with E-state index in [0.29, 0.717) is 5.56 Å². The first kappa shape index (κ1) is 13.3. The molecule has 0 aliphatic carbocycles. The molecule has 0 unspecified atom stereocenters. The molecular formula is C18H13N3O2. The van der Waals surface area contributed by atoms with Gasteiger partial charge in [0.2, 0.25) is 0 Å². The number of para-hydroxylation sites is 1. The Hall–Kier alpha value is -3.34. The number of aromatic nitrogens is 3. The zero-order valence-corrected chi connectivity index (χ0v) is 12.1. The van der Waals surface area contributed by atoms with Crippen LogP contribution in [0.1, 0.15) is 11.1 Å². The van der Waals surface area contributed by atoms with Crippen molar-refractivity contribution in [1.29, 1.82) is 0 Å². The number of hydrogen-bond donors (Lipinski definition) is 3. The van der Waals surface area contributed by atoms with Crippen molar-refractivity contribution < 1.29 is 9.90 Å². The number of carboxylic acids is 1. The summed E-state index contributed by atoms with van der Waals surface area (Å²) in [5, 5.41) is 11.5. The first-order valence-electron chi connectivity index (χ1n) is 7.17. The van der Waals surface area contributed by atoms with E-state index in [4.69, 9.17) is 0 Å². The Labute approximate surface area is 131 Å². The van der Waals surface area contributed by atoms with E-state index in [1.54, 1.807) is 24.7 Å². The summed E-state index contributed by atoms with van der Waals surface area (Å²) in [5.74, 6) is -0.965. The molecule has 4 aromatic rings. The van der Waals surface area contributed by atoms with Gasteiger partial charge in [-0.3, -0.25) is 0 Å². The van der Waals surface area contributed by atoms with E-state index < -0.39 is 5.97 Å². The molecule has 0 saturated carbocycles. The minimum atomic E-state index is -0.965. The van der Waals surface area contributed by atoms with Crippen LogP contribution in [0.25, 0.3) is 33.6 Å². The van der Waals surface area contributed by atoms with Crippen molar-refractivity contribution >= 4 is 39.6 Å². The normalized spacial score (nSPS) is 12.1. The number of aliphatic carboxylic acids is 1. The first-order chi connectivity index (χ1) is 11.2. The summed E-state index contributed by atoms with van der Waals surface area (Å²) in [4.78, 5) is 22.2. The largest absolute Gasteiger partial charge is 0.478 e. The number of rotatable bonds is 3. The second kappa shape index (κ2) is 5.14. The summed E-state index contributed by atoms with van der Waals surface area (Å²) in [6, 6.07) is 11.4. The zero-order chi connectivity index (χ0) is 15.8. The Balaban J connectivity index is 1.93. The summed E-state index contributed by atoms with van der Waals surface area (Å²) in [6.07, 6.45) is 6.88. The SMILES string of the molecule is O=C(O)C(=Cc1c[nH]c2ncccc12)c1c[nH]c2ccccc12. The maximum Gasteiger partial charge on any atom is 0.336 e. The summed E-state index contributed by atoms with van der Waals surface area (Å²) >= 11 is 0. The van der Waals surface area contributed by atoms with Crippen LogP contribution in [-0.2, 0) is 4.79 Å². The topological polar surface area (TPSA) is 81.8 Å². The van der Waals surface area contributed by atoms with E-state index in [1.807, 2.05) is 36.4 Å². The molecule has 0 amide bonds. The number of hydrogen-bond acceptors (Lipinski definition) is 2. The van der Waals surface area contributed by atoms with E-state index in [-0.39, 0.29) is 5.57 Å². The molecule has 0 spiro atoms. The van der Waals surface area contributed by atoms with Gasteiger partial charge in [-0.1, -0.05) is 18.2 Å². The molecule has 0 aliphatic heterocycles. The number of aromatic amines is 2. The molecule has 23 heavy (non-hydrogen) atoms. The monoisotopic (exact) mass is 303 g/mol. The third-order valence-electron chi connectivity index (χ3n) is 3.89. The standard InChI is InChI=1S/C18H13N3O2/c22-18(23)14(15-10-20-16-6-2-1-4-13(15)16)8-11-9-21-17-12(11)5-3-7-19-17/h1-10,20H,(H,19,21)(H,22,23). The molecular weight excluding hydrogens is 290 g/mol. The third kappa shape index (κ3) is 2.19. The van der Waals surface area contributed by atoms with Crippen molar-refractivity contribution in [2.24, 2.45) is 0 Å². The fourth-order valence-electron chi connectivity index (χ4n) is 2.80. The predicted octanol–water partition coefficient (Wildman–Crippen LogP) is 3.67. The Morgan fingerprint density at radius 3 is 2.74 bits per heavy atom. The lowest BCUT2D eigenvalue weighted by Gasteiger charge is -2.01. The van der Waals surface area contributed by atoms with Crippen LogP contribution in [0.4, 0.5) is 0 Å². The molecule has 0 atom stereocenters. The number of pyridine rings is 1. The van der Waals surface area contributed by atoms with Crippen molar-refractivity contribution in [3.05, 3.63) is 66.1 Å². The summed E-state index contributed by atoms with van der Waals surface area (Å²) in [5.41, 5.74) is 3.37. The highest BCUT2D eigenvalue weighted by atomic mass is 16.4. The van der Waals surface area contributed by atoms with E-state index in [2.05, 4.69) is 15.0 Å². The molecule has 0 aliphatic rings. The van der Waals surface area contributed by atoms with Crippen molar-refractivity contribution in [1.82, 2.24) is 15.0 Å². The fraction of sp³-hybridized carbons (Fsp3) is 0. The number of fused-ring (bicyclic) bond motifs is 2. The Morgan fingerprint density at radius 2 is 1.87 bits per heavy atom. The van der Waals surface area contributed by atoms with Gasteiger partial charge in [0.05, 0.1) is 5.57 Å². The molecule has 112 valence electrons. The van der Waals surface area contributed by atoms with E-state index in [0.717, 1.165) is 27.5 Å². The molecule has 3 aromatic heterocycles. The van der Waals surface area contributed by atoms with Crippen molar-refractivity contribution in [3.63, 3.8) is 0 Å². The van der Waals surface area contributed by atoms with Crippen LogP contribution in [0.15, 0.2) is 55.0 Å². The number of carbonyl (C=O) groups is 1. The van der Waals surface area contributed by atoms with Crippen LogP contribution < -0.4 is 0 Å². The molecule has 0 radical (unpaired) electrons. The lowest BCUT2D eigenvalue weighted by Crippen LogP contribution is -1.98. The molecule has 1 aromatic carbocycles. The highest BCUT2D eigenvalue weighted by molar-refractivity contribution is 6.24. The lowest BCUT2D eigenvalue weighted by atomic mass is 10.0. The third-order valence-corrected chi connectivity index (χ3v) is 3.89. The maximum atomic E-state index is 11.8. The van der Waals surface area contributed by atoms with Gasteiger partial charge in [0.15, 0.2) is 0 Å². The van der Waals surface area contributed by atoms with Crippen molar-refractivity contribution in [2.45, 2.75) is 0 Å². The minimum Gasteiger partial charge on any atom is -0.478 e. The van der Waals surface area contributed by atoms with Gasteiger partial charge in [0.25, 0.3) is 0 Å². The van der Waals surface area contributed by atoms with Gasteiger partial charge in [0.1, 0.15) is 5.65 Å². The molecule has 0 bridgehead atoms. The predicted molar refractivity (Wildman–Crippen MR) is 89.9 cm³/mol. The number of nitrogens with zero attached hydrogens (tertiary/aromatic N) is 1. The molecule has 5 nitrogen and oxygen atoms in total. The molecule has 5 heteroatoms. The molecule has 4 rings (SSSR count). The summed E-state index contributed by atoms with van der Waals surface area (Å²) in [6.45, 7) is 0. The number of carboxylic acid groups (broad SMARTS) is 1. The second-order valence-electron chi connectivity index (χ2n) is 5.25. The fourth-order valence-corrected chi connectivity index (χ4v) is 2.80. The number of nitrogens with one attached hydrogen (secondary N) is 2. The van der Waals surface area contributed by atoms with Gasteiger partial charge in [-0.05, 0) is 24.3 Å². The van der Waals surface area contributed by atoms with Gasteiger partial charge in [0, 0.05) is 46.0 Å². The van der Waals surface area contributed by atoms with Gasteiger partial charge >= 0.3 is 5.97 Å². The summed E-state index contributed by atoms with van der Waals surface area (Å²) < 4.78 is 0. The Kier molecular flexibility index (Phi) is 2.98. The maximum absolute atomic E-state index is 11.8. The minimum absolute atomic E-state index is 0.243. The van der Waals surface area contributed by atoms with E-state index in [9.17, 15) is 9.90 Å². The molecule has 3 N–H and O–H groups in total. The molecule has 3 heterocycles. The summed E-state index contributed by atoms with van der Waals surface area (Å²) in [7, 11) is 0. The number of benzene rings is 1. The van der Waals surface area contributed by atoms with E-state index in [1.165, 1.54) is 0 Å². The first-order valence-corrected chi connectivity index (χ1v) is 7.17. The average molecular weight is 303 g/mol. The van der Waals surface area contributed by atoms with Gasteiger partial charge < -0.3 is 15.1 Å². The van der Waals surface area contributed by atoms with Crippen molar-refractivity contribution in [3.8, 4) is 0 Å². The van der Waals surface area contributed by atoms with Crippen LogP contribution >= 0.6 is 0 Å². The van der Waals surface area contributed by atoms with Crippen molar-refractivity contribution in [2.75, 3.05) is 0 Å². The lowest BCUT2D eigenvalue weighted by molar-refractivity contribution is -0.130. The van der Waals surface area contributed by atoms with E-state index >= 15 is 0 Å². The van der Waals surface area contributed by atoms with Crippen LogP contribution in [0, 0.1) is 0 Å². The van der Waals surface area contributed by atoms with Crippen LogP contribution in [0.5, 0.6) is 0 Å². The van der Waals surface area contributed by atoms with Crippen LogP contribution in [0.2, 0.25) is 0 Å². The molecule has 0 fully saturated rings. The smallest absolute Gasteiger partial charge is 0.336 e.